The molecule has 2 aromatic carbocycles. The summed E-state index contributed by atoms with van der Waals surface area (Å²) in [5.41, 5.74) is 0.816. The Labute approximate surface area is 168 Å². The van der Waals surface area contributed by atoms with Gasteiger partial charge in [-0.3, -0.25) is 4.79 Å². The predicted octanol–water partition coefficient (Wildman–Crippen LogP) is 3.49. The van der Waals surface area contributed by atoms with Gasteiger partial charge in [0.25, 0.3) is 0 Å². The highest BCUT2D eigenvalue weighted by atomic mass is 35.5. The van der Waals surface area contributed by atoms with Gasteiger partial charge >= 0.3 is 5.97 Å². The standard InChI is InChI=1S/C20H20ClNO5S/c21-16-11-10-15(20(24)27-18-9-5-4-8-17(18)23)12-19(16)28(25,26)22-13-14-6-2-1-3-7-14/h1-3,6-7,10-12,18,22H,4-5,8-9,13H2/t18-/m1/s1. The molecule has 0 amide bonds. The SMILES string of the molecule is O=C(O[C@@H]1CCCCC1=O)c1ccc(Cl)c(S(=O)(=O)NCc2ccccc2)c1. The van der Waals surface area contributed by atoms with Crippen LogP contribution in [0.1, 0.15) is 41.6 Å². The Morgan fingerprint density at radius 2 is 1.89 bits per heavy atom. The number of sulfonamides is 1. The summed E-state index contributed by atoms with van der Waals surface area (Å²) in [4.78, 5) is 24.0. The maximum Gasteiger partial charge on any atom is 0.338 e. The average Bonchev–Trinajstić information content (AvgIpc) is 2.69. The van der Waals surface area contributed by atoms with Gasteiger partial charge < -0.3 is 4.74 Å². The Morgan fingerprint density at radius 1 is 1.14 bits per heavy atom. The number of benzene rings is 2. The van der Waals surface area contributed by atoms with Crippen LogP contribution in [0.25, 0.3) is 0 Å². The number of rotatable bonds is 6. The maximum atomic E-state index is 12.6. The molecule has 1 N–H and O–H groups in total. The summed E-state index contributed by atoms with van der Waals surface area (Å²) >= 11 is 6.06. The number of Topliss-reactive ketones (excluding diaryl/α,β-unsaturated/α-hetero) is 1. The Kier molecular flexibility index (Phi) is 6.49. The van der Waals surface area contributed by atoms with Crippen LogP contribution in [-0.2, 0) is 26.1 Å². The third-order valence-corrected chi connectivity index (χ3v) is 6.40. The van der Waals surface area contributed by atoms with E-state index in [1.165, 1.54) is 18.2 Å². The molecular weight excluding hydrogens is 402 g/mol. The van der Waals surface area contributed by atoms with Crippen molar-refractivity contribution in [3.63, 3.8) is 0 Å². The van der Waals surface area contributed by atoms with Crippen molar-refractivity contribution >= 4 is 33.4 Å². The molecule has 148 valence electrons. The van der Waals surface area contributed by atoms with Gasteiger partial charge in [-0.05, 0) is 43.0 Å². The summed E-state index contributed by atoms with van der Waals surface area (Å²) in [7, 11) is -3.95. The molecule has 3 rings (SSSR count). The molecule has 0 heterocycles. The van der Waals surface area contributed by atoms with Crippen molar-refractivity contribution in [1.82, 2.24) is 4.72 Å². The van der Waals surface area contributed by atoms with Crippen LogP contribution in [0.3, 0.4) is 0 Å². The smallest absolute Gasteiger partial charge is 0.338 e. The maximum absolute atomic E-state index is 12.6. The quantitative estimate of drug-likeness (QED) is 0.721. The molecule has 0 aliphatic heterocycles. The summed E-state index contributed by atoms with van der Waals surface area (Å²) < 4.78 is 33.0. The molecule has 1 aliphatic rings. The number of esters is 1. The van der Waals surface area contributed by atoms with Gasteiger partial charge in [-0.2, -0.15) is 0 Å². The monoisotopic (exact) mass is 421 g/mol. The van der Waals surface area contributed by atoms with Crippen LogP contribution in [0.5, 0.6) is 0 Å². The minimum atomic E-state index is -3.95. The second-order valence-electron chi connectivity index (χ2n) is 6.56. The molecule has 0 aromatic heterocycles. The molecule has 1 aliphatic carbocycles. The van der Waals surface area contributed by atoms with Gasteiger partial charge in [-0.1, -0.05) is 41.9 Å². The van der Waals surface area contributed by atoms with E-state index in [1.807, 2.05) is 6.07 Å². The summed E-state index contributed by atoms with van der Waals surface area (Å²) in [5, 5.41) is -0.00847. The zero-order chi connectivity index (χ0) is 20.1. The van der Waals surface area contributed by atoms with E-state index in [0.29, 0.717) is 12.8 Å². The zero-order valence-corrected chi connectivity index (χ0v) is 16.6. The van der Waals surface area contributed by atoms with Gasteiger partial charge in [-0.15, -0.1) is 0 Å². The fraction of sp³-hybridized carbons (Fsp3) is 0.300. The Balaban J connectivity index is 1.76. The first kappa shape index (κ1) is 20.5. The number of ketones is 1. The van der Waals surface area contributed by atoms with Crippen LogP contribution in [-0.4, -0.2) is 26.3 Å². The van der Waals surface area contributed by atoms with Crippen molar-refractivity contribution in [3.8, 4) is 0 Å². The van der Waals surface area contributed by atoms with Crippen LogP contribution in [0.15, 0.2) is 53.4 Å². The lowest BCUT2D eigenvalue weighted by Gasteiger charge is -2.20. The first-order valence-electron chi connectivity index (χ1n) is 8.93. The van der Waals surface area contributed by atoms with Gasteiger partial charge in [0.05, 0.1) is 10.6 Å². The fourth-order valence-corrected chi connectivity index (χ4v) is 4.50. The molecule has 1 saturated carbocycles. The molecule has 1 fully saturated rings. The first-order valence-corrected chi connectivity index (χ1v) is 10.8. The second kappa shape index (κ2) is 8.86. The van der Waals surface area contributed by atoms with Gasteiger partial charge in [0.2, 0.25) is 10.0 Å². The normalized spacial score (nSPS) is 17.3. The van der Waals surface area contributed by atoms with Crippen molar-refractivity contribution in [2.24, 2.45) is 0 Å². The third kappa shape index (κ3) is 4.98. The highest BCUT2D eigenvalue weighted by Crippen LogP contribution is 2.25. The third-order valence-electron chi connectivity index (χ3n) is 4.51. The van der Waals surface area contributed by atoms with Gasteiger partial charge in [0.15, 0.2) is 11.9 Å². The average molecular weight is 422 g/mol. The van der Waals surface area contributed by atoms with Crippen molar-refractivity contribution in [2.75, 3.05) is 0 Å². The van der Waals surface area contributed by atoms with Crippen LogP contribution in [0.2, 0.25) is 5.02 Å². The number of hydrogen-bond donors (Lipinski definition) is 1. The number of ether oxygens (including phenoxy) is 1. The number of carbonyl (C=O) groups is 2. The van der Waals surface area contributed by atoms with Crippen molar-refractivity contribution in [3.05, 3.63) is 64.7 Å². The largest absolute Gasteiger partial charge is 0.451 e. The van der Waals surface area contributed by atoms with Gasteiger partial charge in [-0.25, -0.2) is 17.9 Å². The van der Waals surface area contributed by atoms with E-state index >= 15 is 0 Å². The molecule has 0 radical (unpaired) electrons. The van der Waals surface area contributed by atoms with Crippen molar-refractivity contribution < 1.29 is 22.7 Å². The Morgan fingerprint density at radius 3 is 2.61 bits per heavy atom. The molecule has 8 heteroatoms. The fourth-order valence-electron chi connectivity index (χ4n) is 2.96. The molecule has 0 saturated heterocycles. The summed E-state index contributed by atoms with van der Waals surface area (Å²) in [6, 6.07) is 12.9. The summed E-state index contributed by atoms with van der Waals surface area (Å²) in [5.74, 6) is -0.845. The van der Waals surface area contributed by atoms with Crippen LogP contribution in [0.4, 0.5) is 0 Å². The van der Waals surface area contributed by atoms with E-state index in [4.69, 9.17) is 16.3 Å². The van der Waals surface area contributed by atoms with Crippen LogP contribution < -0.4 is 4.72 Å². The van der Waals surface area contributed by atoms with E-state index in [2.05, 4.69) is 4.72 Å². The number of hydrogen-bond acceptors (Lipinski definition) is 5. The van der Waals surface area contributed by atoms with Crippen molar-refractivity contribution in [1.29, 1.82) is 0 Å². The molecule has 0 bridgehead atoms. The lowest BCUT2D eigenvalue weighted by atomic mass is 9.96. The summed E-state index contributed by atoms with van der Waals surface area (Å²) in [6.45, 7) is 0.0880. The molecule has 2 aromatic rings. The van der Waals surface area contributed by atoms with Gasteiger partial charge in [0, 0.05) is 13.0 Å². The first-order chi connectivity index (χ1) is 13.4. The number of nitrogens with one attached hydrogen (secondary N) is 1. The topological polar surface area (TPSA) is 89.5 Å². The minimum Gasteiger partial charge on any atom is -0.451 e. The molecule has 0 spiro atoms. The highest BCUT2D eigenvalue weighted by molar-refractivity contribution is 7.89. The van der Waals surface area contributed by atoms with E-state index in [9.17, 15) is 18.0 Å². The Bertz CT molecular complexity index is 975. The van der Waals surface area contributed by atoms with E-state index < -0.39 is 22.1 Å². The lowest BCUT2D eigenvalue weighted by molar-refractivity contribution is -0.129. The van der Waals surface area contributed by atoms with E-state index in [0.717, 1.165) is 18.4 Å². The second-order valence-corrected chi connectivity index (χ2v) is 8.70. The predicted molar refractivity (Wildman–Crippen MR) is 105 cm³/mol. The lowest BCUT2D eigenvalue weighted by Crippen LogP contribution is -2.30. The molecule has 6 nitrogen and oxygen atoms in total. The van der Waals surface area contributed by atoms with Crippen molar-refractivity contribution in [2.45, 2.75) is 43.2 Å². The van der Waals surface area contributed by atoms with Gasteiger partial charge in [0.1, 0.15) is 4.90 Å². The summed E-state index contributed by atoms with van der Waals surface area (Å²) in [6.07, 6.45) is 1.72. The molecular formula is C20H20ClNO5S. The van der Waals surface area contributed by atoms with Crippen LogP contribution in [0, 0.1) is 0 Å². The highest BCUT2D eigenvalue weighted by Gasteiger charge is 2.27. The number of halogens is 1. The molecule has 1 atom stereocenters. The number of carbonyl (C=O) groups excluding carboxylic acids is 2. The minimum absolute atomic E-state index is 0.00847. The van der Waals surface area contributed by atoms with Crippen LogP contribution >= 0.6 is 11.6 Å². The Hall–Kier alpha value is -2.22. The van der Waals surface area contributed by atoms with E-state index in [-0.39, 0.29) is 27.8 Å². The zero-order valence-electron chi connectivity index (χ0n) is 15.1. The van der Waals surface area contributed by atoms with E-state index in [1.54, 1.807) is 24.3 Å². The molecule has 0 unspecified atom stereocenters. The molecule has 28 heavy (non-hydrogen) atoms.